The molecule has 0 aliphatic carbocycles. The first-order valence-electron chi connectivity index (χ1n) is 8.12. The highest BCUT2D eigenvalue weighted by Gasteiger charge is 2.39. The zero-order valence-electron chi connectivity index (χ0n) is 14.7. The van der Waals surface area contributed by atoms with E-state index in [1.165, 1.54) is 12.7 Å². The third kappa shape index (κ3) is 5.23. The molecule has 1 aliphatic heterocycles. The van der Waals surface area contributed by atoms with Crippen LogP contribution in [0.5, 0.6) is 0 Å². The number of nitrogens with zero attached hydrogens (tertiary/aromatic N) is 1. The molecule has 1 saturated heterocycles. The molecule has 0 radical (unpaired) electrons. The van der Waals surface area contributed by atoms with Gasteiger partial charge in [0.1, 0.15) is 5.60 Å². The molecule has 0 bridgehead atoms. The van der Waals surface area contributed by atoms with Crippen molar-refractivity contribution in [2.45, 2.75) is 39.0 Å². The number of likely N-dealkylation sites (tertiary alicyclic amines) is 1. The lowest BCUT2D eigenvalue weighted by molar-refractivity contribution is -0.145. The van der Waals surface area contributed by atoms with Gasteiger partial charge in [-0.1, -0.05) is 30.3 Å². The van der Waals surface area contributed by atoms with Gasteiger partial charge < -0.3 is 14.8 Å². The Balaban J connectivity index is 2.01. The molecule has 2 rings (SSSR count). The Labute approximate surface area is 143 Å². The molecule has 1 aromatic rings. The summed E-state index contributed by atoms with van der Waals surface area (Å²) in [4.78, 5) is 26.2. The van der Waals surface area contributed by atoms with Crippen LogP contribution in [0.15, 0.2) is 30.3 Å². The number of ether oxygens (including phenoxy) is 2. The largest absolute Gasteiger partial charge is 0.469 e. The van der Waals surface area contributed by atoms with Crippen LogP contribution in [-0.2, 0) is 20.8 Å². The van der Waals surface area contributed by atoms with Crippen LogP contribution in [0.1, 0.15) is 26.3 Å². The summed E-state index contributed by atoms with van der Waals surface area (Å²) >= 11 is 0. The fraction of sp³-hybridized carbons (Fsp3) is 0.556. The fourth-order valence-electron chi connectivity index (χ4n) is 2.85. The molecule has 0 aromatic heterocycles. The SMILES string of the molecule is COC(=O)[C@H]1CN(Cc2ccccc2)C[C@@H]1NC(=O)OC(C)(C)C. The van der Waals surface area contributed by atoms with E-state index >= 15 is 0 Å². The molecule has 24 heavy (non-hydrogen) atoms. The molecule has 1 fully saturated rings. The maximum Gasteiger partial charge on any atom is 0.407 e. The molecule has 132 valence electrons. The van der Waals surface area contributed by atoms with E-state index < -0.39 is 17.6 Å². The fourth-order valence-corrected chi connectivity index (χ4v) is 2.85. The number of rotatable bonds is 4. The van der Waals surface area contributed by atoms with E-state index in [1.807, 2.05) is 30.3 Å². The number of carbonyl (C=O) groups excluding carboxylic acids is 2. The Hall–Kier alpha value is -2.08. The van der Waals surface area contributed by atoms with Crippen LogP contribution >= 0.6 is 0 Å². The van der Waals surface area contributed by atoms with Crippen molar-refractivity contribution in [3.63, 3.8) is 0 Å². The molecule has 1 aromatic carbocycles. The second kappa shape index (κ2) is 7.66. The number of methoxy groups -OCH3 is 1. The monoisotopic (exact) mass is 334 g/mol. The predicted octanol–water partition coefficient (Wildman–Crippen LogP) is 2.18. The van der Waals surface area contributed by atoms with Crippen molar-refractivity contribution in [2.24, 2.45) is 5.92 Å². The van der Waals surface area contributed by atoms with Crippen LogP contribution in [-0.4, -0.2) is 48.8 Å². The number of carbonyl (C=O) groups is 2. The topological polar surface area (TPSA) is 67.9 Å². The van der Waals surface area contributed by atoms with Gasteiger partial charge in [-0.2, -0.15) is 0 Å². The molecule has 6 heteroatoms. The molecule has 1 aliphatic rings. The molecule has 0 saturated carbocycles. The summed E-state index contributed by atoms with van der Waals surface area (Å²) in [6.07, 6.45) is -0.511. The Bertz CT molecular complexity index is 568. The highest BCUT2D eigenvalue weighted by Crippen LogP contribution is 2.21. The minimum absolute atomic E-state index is 0.313. The number of benzene rings is 1. The molecule has 6 nitrogen and oxygen atoms in total. The standard InChI is InChI=1S/C18H26N2O4/c1-18(2,3)24-17(22)19-15-12-20(11-14(15)16(21)23-4)10-13-8-6-5-7-9-13/h5-9,14-15H,10-12H2,1-4H3,(H,19,22)/t14-,15-/m0/s1. The van der Waals surface area contributed by atoms with Crippen molar-refractivity contribution < 1.29 is 19.1 Å². The summed E-state index contributed by atoms with van der Waals surface area (Å²) in [7, 11) is 1.37. The highest BCUT2D eigenvalue weighted by atomic mass is 16.6. The zero-order chi connectivity index (χ0) is 17.7. The van der Waals surface area contributed by atoms with Crippen molar-refractivity contribution in [3.05, 3.63) is 35.9 Å². The normalized spacial score (nSPS) is 21.3. The molecule has 1 heterocycles. The van der Waals surface area contributed by atoms with Crippen LogP contribution in [0.2, 0.25) is 0 Å². The molecule has 1 amide bonds. The number of amides is 1. The van der Waals surface area contributed by atoms with Gasteiger partial charge in [-0.3, -0.25) is 9.69 Å². The molecular weight excluding hydrogens is 308 g/mol. The molecular formula is C18H26N2O4. The number of hydrogen-bond donors (Lipinski definition) is 1. The molecule has 2 atom stereocenters. The second-order valence-corrected chi connectivity index (χ2v) is 7.06. The third-order valence-electron chi connectivity index (χ3n) is 3.85. The summed E-state index contributed by atoms with van der Waals surface area (Å²) in [5.41, 5.74) is 0.590. The van der Waals surface area contributed by atoms with Gasteiger partial charge in [-0.15, -0.1) is 0 Å². The quantitative estimate of drug-likeness (QED) is 0.855. The summed E-state index contributed by atoms with van der Waals surface area (Å²) in [5, 5.41) is 2.81. The van der Waals surface area contributed by atoms with E-state index in [-0.39, 0.29) is 12.0 Å². The van der Waals surface area contributed by atoms with E-state index in [0.717, 1.165) is 6.54 Å². The first-order valence-corrected chi connectivity index (χ1v) is 8.12. The van der Waals surface area contributed by atoms with Crippen molar-refractivity contribution in [1.82, 2.24) is 10.2 Å². The van der Waals surface area contributed by atoms with E-state index in [9.17, 15) is 9.59 Å². The van der Waals surface area contributed by atoms with Crippen LogP contribution < -0.4 is 5.32 Å². The number of hydrogen-bond acceptors (Lipinski definition) is 5. The number of nitrogens with one attached hydrogen (secondary N) is 1. The summed E-state index contributed by atoms with van der Waals surface area (Å²) in [5.74, 6) is -0.710. The summed E-state index contributed by atoms with van der Waals surface area (Å²) < 4.78 is 10.2. The Morgan fingerprint density at radius 1 is 1.21 bits per heavy atom. The lowest BCUT2D eigenvalue weighted by atomic mass is 10.0. The van der Waals surface area contributed by atoms with E-state index in [1.54, 1.807) is 20.8 Å². The van der Waals surface area contributed by atoms with Gasteiger partial charge in [0, 0.05) is 19.6 Å². The van der Waals surface area contributed by atoms with E-state index in [0.29, 0.717) is 13.1 Å². The number of esters is 1. The lowest BCUT2D eigenvalue weighted by Gasteiger charge is -2.23. The second-order valence-electron chi connectivity index (χ2n) is 7.06. The zero-order valence-corrected chi connectivity index (χ0v) is 14.7. The van der Waals surface area contributed by atoms with Crippen molar-refractivity contribution in [1.29, 1.82) is 0 Å². The van der Waals surface area contributed by atoms with Crippen molar-refractivity contribution >= 4 is 12.1 Å². The summed E-state index contributed by atoms with van der Waals surface area (Å²) in [6, 6.07) is 9.71. The third-order valence-corrected chi connectivity index (χ3v) is 3.85. The van der Waals surface area contributed by atoms with Gasteiger partial charge in [0.25, 0.3) is 0 Å². The predicted molar refractivity (Wildman–Crippen MR) is 90.4 cm³/mol. The first kappa shape index (κ1) is 18.3. The Kier molecular flexibility index (Phi) is 5.83. The Morgan fingerprint density at radius 3 is 2.46 bits per heavy atom. The van der Waals surface area contributed by atoms with Crippen LogP contribution in [0.4, 0.5) is 4.79 Å². The molecule has 1 N–H and O–H groups in total. The lowest BCUT2D eigenvalue weighted by Crippen LogP contribution is -2.45. The summed E-state index contributed by atoms with van der Waals surface area (Å²) in [6.45, 7) is 7.26. The maximum absolute atomic E-state index is 12.0. The van der Waals surface area contributed by atoms with Gasteiger partial charge in [-0.05, 0) is 26.3 Å². The molecule has 0 unspecified atom stereocenters. The number of alkyl carbamates (subject to hydrolysis) is 1. The minimum Gasteiger partial charge on any atom is -0.469 e. The van der Waals surface area contributed by atoms with Crippen LogP contribution in [0.3, 0.4) is 0 Å². The minimum atomic E-state index is -0.576. The smallest absolute Gasteiger partial charge is 0.407 e. The maximum atomic E-state index is 12.0. The van der Waals surface area contributed by atoms with Gasteiger partial charge in [0.2, 0.25) is 0 Å². The van der Waals surface area contributed by atoms with Gasteiger partial charge in [0.05, 0.1) is 19.1 Å². The average molecular weight is 334 g/mol. The van der Waals surface area contributed by atoms with Crippen molar-refractivity contribution in [3.8, 4) is 0 Å². The Morgan fingerprint density at radius 2 is 1.88 bits per heavy atom. The van der Waals surface area contributed by atoms with E-state index in [2.05, 4.69) is 10.2 Å². The van der Waals surface area contributed by atoms with Gasteiger partial charge in [-0.25, -0.2) is 4.79 Å². The highest BCUT2D eigenvalue weighted by molar-refractivity contribution is 5.76. The molecule has 0 spiro atoms. The van der Waals surface area contributed by atoms with Crippen LogP contribution in [0.25, 0.3) is 0 Å². The van der Waals surface area contributed by atoms with Gasteiger partial charge >= 0.3 is 12.1 Å². The average Bonchev–Trinajstić information content (AvgIpc) is 2.87. The van der Waals surface area contributed by atoms with E-state index in [4.69, 9.17) is 9.47 Å². The first-order chi connectivity index (χ1) is 11.3. The van der Waals surface area contributed by atoms with Crippen molar-refractivity contribution in [2.75, 3.05) is 20.2 Å². The van der Waals surface area contributed by atoms with Crippen LogP contribution in [0, 0.1) is 5.92 Å². The van der Waals surface area contributed by atoms with Gasteiger partial charge in [0.15, 0.2) is 0 Å².